The fraction of sp³-hybridized carbons (Fsp3) is 0.750. The maximum atomic E-state index is 4.77. The molecule has 1 N–H and O–H groups in total. The van der Waals surface area contributed by atoms with Crippen LogP contribution in [0.4, 0.5) is 5.69 Å². The fourth-order valence-corrected chi connectivity index (χ4v) is 2.88. The lowest BCUT2D eigenvalue weighted by Crippen LogP contribution is -2.36. The summed E-state index contributed by atoms with van der Waals surface area (Å²) >= 11 is 0. The highest BCUT2D eigenvalue weighted by Gasteiger charge is 2.22. The lowest BCUT2D eigenvalue weighted by molar-refractivity contribution is 0.403. The molecule has 1 unspecified atom stereocenters. The zero-order valence-corrected chi connectivity index (χ0v) is 13.3. The average molecular weight is 276 g/mol. The molecule has 0 aliphatic carbocycles. The van der Waals surface area contributed by atoms with Gasteiger partial charge in [-0.1, -0.05) is 27.2 Å². The second-order valence-electron chi connectivity index (χ2n) is 6.11. The van der Waals surface area contributed by atoms with Crippen LogP contribution in [0, 0.1) is 5.92 Å². The molecular weight excluding hydrogens is 248 g/mol. The summed E-state index contributed by atoms with van der Waals surface area (Å²) in [4.78, 5) is 11.8. The van der Waals surface area contributed by atoms with E-state index in [2.05, 4.69) is 36.0 Å². The third-order valence-electron chi connectivity index (χ3n) is 4.16. The molecule has 1 aliphatic heterocycles. The van der Waals surface area contributed by atoms with Gasteiger partial charge < -0.3 is 10.2 Å². The van der Waals surface area contributed by atoms with Crippen LogP contribution >= 0.6 is 0 Å². The van der Waals surface area contributed by atoms with Gasteiger partial charge in [-0.3, -0.25) is 0 Å². The molecule has 20 heavy (non-hydrogen) atoms. The van der Waals surface area contributed by atoms with E-state index < -0.39 is 0 Å². The van der Waals surface area contributed by atoms with Gasteiger partial charge in [0.15, 0.2) is 0 Å². The molecule has 1 atom stereocenters. The average Bonchev–Trinajstić information content (AvgIpc) is 2.47. The van der Waals surface area contributed by atoms with Crippen LogP contribution in [0.1, 0.15) is 57.5 Å². The van der Waals surface area contributed by atoms with Crippen molar-refractivity contribution in [1.82, 2.24) is 15.3 Å². The number of hydrogen-bond donors (Lipinski definition) is 1. The predicted molar refractivity (Wildman–Crippen MR) is 84.1 cm³/mol. The third kappa shape index (κ3) is 3.48. The Balaban J connectivity index is 2.25. The highest BCUT2D eigenvalue weighted by molar-refractivity contribution is 5.49. The Labute approximate surface area is 123 Å². The molecule has 0 radical (unpaired) electrons. The molecular formula is C16H28N4. The summed E-state index contributed by atoms with van der Waals surface area (Å²) in [5, 5.41) is 3.24. The van der Waals surface area contributed by atoms with Crippen molar-refractivity contribution in [2.45, 2.75) is 52.5 Å². The summed E-state index contributed by atoms with van der Waals surface area (Å²) in [7, 11) is 1.98. The molecule has 1 aliphatic rings. The van der Waals surface area contributed by atoms with E-state index in [9.17, 15) is 0 Å². The number of aromatic nitrogens is 2. The summed E-state index contributed by atoms with van der Waals surface area (Å²) in [6, 6.07) is 0. The molecule has 0 bridgehead atoms. The molecule has 1 aromatic heterocycles. The predicted octanol–water partition coefficient (Wildman–Crippen LogP) is 2.95. The van der Waals surface area contributed by atoms with Gasteiger partial charge in [0.2, 0.25) is 0 Å². The van der Waals surface area contributed by atoms with E-state index in [0.29, 0.717) is 5.92 Å². The Morgan fingerprint density at radius 1 is 1.45 bits per heavy atom. The highest BCUT2D eigenvalue weighted by Crippen LogP contribution is 2.27. The lowest BCUT2D eigenvalue weighted by atomic mass is 9.95. The number of piperidine rings is 1. The van der Waals surface area contributed by atoms with Gasteiger partial charge >= 0.3 is 0 Å². The van der Waals surface area contributed by atoms with Gasteiger partial charge in [-0.15, -0.1) is 0 Å². The number of anilines is 1. The molecule has 0 amide bonds. The van der Waals surface area contributed by atoms with E-state index >= 15 is 0 Å². The van der Waals surface area contributed by atoms with Crippen molar-refractivity contribution in [3.63, 3.8) is 0 Å². The van der Waals surface area contributed by atoms with Crippen LogP contribution in [0.5, 0.6) is 0 Å². The summed E-state index contributed by atoms with van der Waals surface area (Å²) in [6.07, 6.45) is 5.94. The van der Waals surface area contributed by atoms with E-state index in [0.717, 1.165) is 37.1 Å². The molecule has 1 saturated heterocycles. The minimum absolute atomic E-state index is 0.379. The summed E-state index contributed by atoms with van der Waals surface area (Å²) in [5.74, 6) is 2.14. The topological polar surface area (TPSA) is 41.1 Å². The fourth-order valence-electron chi connectivity index (χ4n) is 2.88. The maximum absolute atomic E-state index is 4.77. The lowest BCUT2D eigenvalue weighted by Gasteiger charge is -2.34. The largest absolute Gasteiger partial charge is 0.368 e. The first-order valence-electron chi connectivity index (χ1n) is 7.91. The van der Waals surface area contributed by atoms with Crippen molar-refractivity contribution in [2.24, 2.45) is 5.92 Å². The number of nitrogens with zero attached hydrogens (tertiary/aromatic N) is 3. The van der Waals surface area contributed by atoms with Crippen LogP contribution < -0.4 is 10.2 Å². The SMILES string of the molecule is CCC1CCCN(c2cnc(C(C)C)nc2CNC)C1. The first-order chi connectivity index (χ1) is 9.65. The monoisotopic (exact) mass is 276 g/mol. The molecule has 0 spiro atoms. The van der Waals surface area contributed by atoms with Crippen molar-refractivity contribution in [3.8, 4) is 0 Å². The first-order valence-corrected chi connectivity index (χ1v) is 7.91. The zero-order chi connectivity index (χ0) is 14.5. The van der Waals surface area contributed by atoms with Crippen molar-refractivity contribution < 1.29 is 0 Å². The third-order valence-corrected chi connectivity index (χ3v) is 4.16. The molecule has 4 heteroatoms. The van der Waals surface area contributed by atoms with Crippen molar-refractivity contribution in [2.75, 3.05) is 25.0 Å². The Kier molecular flexibility index (Phi) is 5.35. The van der Waals surface area contributed by atoms with Crippen LogP contribution in [-0.4, -0.2) is 30.1 Å². The van der Waals surface area contributed by atoms with Crippen molar-refractivity contribution >= 4 is 5.69 Å². The van der Waals surface area contributed by atoms with Gasteiger partial charge in [-0.05, 0) is 25.8 Å². The maximum Gasteiger partial charge on any atom is 0.131 e. The Hall–Kier alpha value is -1.16. The quantitative estimate of drug-likeness (QED) is 0.897. The normalized spacial score (nSPS) is 19.6. The summed E-state index contributed by atoms with van der Waals surface area (Å²) < 4.78 is 0. The van der Waals surface area contributed by atoms with Gasteiger partial charge in [0, 0.05) is 25.6 Å². The highest BCUT2D eigenvalue weighted by atomic mass is 15.2. The Morgan fingerprint density at radius 3 is 2.90 bits per heavy atom. The standard InChI is InChI=1S/C16H28N4/c1-5-13-7-6-8-20(11-13)15-10-18-16(12(2)3)19-14(15)9-17-4/h10,12-13,17H,5-9,11H2,1-4H3. The van der Waals surface area contributed by atoms with Gasteiger partial charge in [0.05, 0.1) is 17.6 Å². The smallest absolute Gasteiger partial charge is 0.131 e. The minimum Gasteiger partial charge on any atom is -0.368 e. The molecule has 112 valence electrons. The Bertz CT molecular complexity index is 430. The van der Waals surface area contributed by atoms with Gasteiger partial charge in [0.25, 0.3) is 0 Å². The molecule has 0 aromatic carbocycles. The van der Waals surface area contributed by atoms with E-state index in [4.69, 9.17) is 4.98 Å². The van der Waals surface area contributed by atoms with Gasteiger partial charge in [0.1, 0.15) is 5.82 Å². The molecule has 1 fully saturated rings. The van der Waals surface area contributed by atoms with Gasteiger partial charge in [-0.25, -0.2) is 9.97 Å². The summed E-state index contributed by atoms with van der Waals surface area (Å²) in [6.45, 7) is 9.68. The van der Waals surface area contributed by atoms with Crippen LogP contribution in [0.15, 0.2) is 6.20 Å². The number of hydrogen-bond acceptors (Lipinski definition) is 4. The van der Waals surface area contributed by atoms with E-state index in [1.165, 1.54) is 24.9 Å². The Morgan fingerprint density at radius 2 is 2.25 bits per heavy atom. The number of rotatable bonds is 5. The van der Waals surface area contributed by atoms with E-state index in [-0.39, 0.29) is 0 Å². The molecule has 2 heterocycles. The zero-order valence-electron chi connectivity index (χ0n) is 13.3. The molecule has 2 rings (SSSR count). The minimum atomic E-state index is 0.379. The van der Waals surface area contributed by atoms with Crippen LogP contribution in [0.2, 0.25) is 0 Å². The first kappa shape index (κ1) is 15.2. The van der Waals surface area contributed by atoms with Crippen molar-refractivity contribution in [3.05, 3.63) is 17.7 Å². The van der Waals surface area contributed by atoms with E-state index in [1.807, 2.05) is 13.2 Å². The molecule has 4 nitrogen and oxygen atoms in total. The van der Waals surface area contributed by atoms with E-state index in [1.54, 1.807) is 0 Å². The van der Waals surface area contributed by atoms with Crippen LogP contribution in [0.25, 0.3) is 0 Å². The van der Waals surface area contributed by atoms with Crippen LogP contribution in [0.3, 0.4) is 0 Å². The van der Waals surface area contributed by atoms with Crippen molar-refractivity contribution in [1.29, 1.82) is 0 Å². The second kappa shape index (κ2) is 7.02. The van der Waals surface area contributed by atoms with Gasteiger partial charge in [-0.2, -0.15) is 0 Å². The van der Waals surface area contributed by atoms with Crippen LogP contribution in [-0.2, 0) is 6.54 Å². The number of nitrogens with one attached hydrogen (secondary N) is 1. The second-order valence-corrected chi connectivity index (χ2v) is 6.11. The summed E-state index contributed by atoms with van der Waals surface area (Å²) in [5.41, 5.74) is 2.37. The molecule has 0 saturated carbocycles. The molecule has 1 aromatic rings.